The molecule has 3 N–H and O–H groups in total. The predicted octanol–water partition coefficient (Wildman–Crippen LogP) is 17.0. The summed E-state index contributed by atoms with van der Waals surface area (Å²) < 4.78 is 24.5. The number of rotatable bonds is 26. The zero-order valence-electron chi connectivity index (χ0n) is 53.3. The van der Waals surface area contributed by atoms with Crippen molar-refractivity contribution in [2.75, 3.05) is 13.2 Å². The van der Waals surface area contributed by atoms with Gasteiger partial charge in [-0.25, -0.2) is 0 Å². The van der Waals surface area contributed by atoms with Crippen LogP contribution in [-0.2, 0) is 42.4 Å². The maximum atomic E-state index is 11.7. The van der Waals surface area contributed by atoms with Crippen LogP contribution in [0.15, 0.2) is 72.8 Å². The maximum Gasteiger partial charge on any atom is 0.306 e. The number of aliphatic carboxylic acids is 1. The average molecular weight is 1120 g/mol. The van der Waals surface area contributed by atoms with E-state index in [4.69, 9.17) is 23.7 Å². The van der Waals surface area contributed by atoms with Crippen molar-refractivity contribution in [3.8, 4) is 11.5 Å². The zero-order valence-corrected chi connectivity index (χ0v) is 54.3. The van der Waals surface area contributed by atoms with E-state index in [1.807, 2.05) is 13.0 Å². The fraction of sp³-hybridized carbons (Fsp3) is 0.629. The van der Waals surface area contributed by atoms with Crippen LogP contribution < -0.4 is 9.47 Å². The number of aliphatic hydroxyl groups excluding tert-OH is 2. The molecule has 0 aliphatic carbocycles. The fourth-order valence-corrected chi connectivity index (χ4v) is 12.8. The van der Waals surface area contributed by atoms with Crippen LogP contribution in [0.1, 0.15) is 223 Å². The van der Waals surface area contributed by atoms with Crippen molar-refractivity contribution in [2.45, 2.75) is 261 Å². The first-order valence-electron chi connectivity index (χ1n) is 30.4. The Morgan fingerprint density at radius 3 is 1.49 bits per heavy atom. The molecule has 2 unspecified atom stereocenters. The minimum atomic E-state index is -1.87. The molecular weight excluding hydrogens is 1010 g/mol. The van der Waals surface area contributed by atoms with Crippen LogP contribution >= 0.6 is 0 Å². The lowest BCUT2D eigenvalue weighted by atomic mass is 9.69. The van der Waals surface area contributed by atoms with Gasteiger partial charge in [0.1, 0.15) is 30.8 Å². The van der Waals surface area contributed by atoms with Gasteiger partial charge in [0, 0.05) is 23.7 Å². The Labute approximate surface area is 486 Å². The van der Waals surface area contributed by atoms with E-state index in [9.17, 15) is 19.8 Å². The molecule has 80 heavy (non-hydrogen) atoms. The monoisotopic (exact) mass is 1120 g/mol. The minimum absolute atomic E-state index is 0.0558. The van der Waals surface area contributed by atoms with Crippen LogP contribution in [0.2, 0.25) is 18.1 Å². The first-order valence-corrected chi connectivity index (χ1v) is 33.3. The van der Waals surface area contributed by atoms with E-state index in [0.29, 0.717) is 25.9 Å². The van der Waals surface area contributed by atoms with Crippen molar-refractivity contribution in [1.82, 2.24) is 0 Å². The molecule has 0 saturated carbocycles. The number of ether oxygens (including phenoxy) is 3. The first kappa shape index (κ1) is 68.0. The number of cyclic esters (lactones) is 1. The van der Waals surface area contributed by atoms with Crippen LogP contribution in [0.3, 0.4) is 0 Å². The number of aliphatic hydroxyl groups is 2. The van der Waals surface area contributed by atoms with Crippen LogP contribution in [0.4, 0.5) is 0 Å². The van der Waals surface area contributed by atoms with E-state index in [1.54, 1.807) is 0 Å². The molecule has 1 aliphatic heterocycles. The van der Waals surface area contributed by atoms with E-state index in [2.05, 4.69) is 191 Å². The number of benzene rings is 4. The van der Waals surface area contributed by atoms with Gasteiger partial charge in [0.25, 0.3) is 0 Å². The summed E-state index contributed by atoms with van der Waals surface area (Å²) in [5.41, 5.74) is 12.5. The van der Waals surface area contributed by atoms with Gasteiger partial charge in [0.05, 0.1) is 18.3 Å². The van der Waals surface area contributed by atoms with Crippen molar-refractivity contribution in [2.24, 2.45) is 10.8 Å². The molecule has 5 rings (SSSR count). The highest BCUT2D eigenvalue weighted by Gasteiger charge is 2.42. The first-order chi connectivity index (χ1) is 37.3. The lowest BCUT2D eigenvalue weighted by Crippen LogP contribution is -2.47. The van der Waals surface area contributed by atoms with E-state index >= 15 is 0 Å². The second kappa shape index (κ2) is 29.2. The van der Waals surface area contributed by atoms with Crippen LogP contribution in [0, 0.1) is 38.5 Å². The summed E-state index contributed by atoms with van der Waals surface area (Å²) in [6.07, 6.45) is 9.87. The molecule has 10 heteroatoms. The Hall–Kier alpha value is -4.48. The van der Waals surface area contributed by atoms with Gasteiger partial charge in [-0.3, -0.25) is 9.59 Å². The number of esters is 1. The summed E-state index contributed by atoms with van der Waals surface area (Å²) in [6.45, 7) is 43.1. The lowest BCUT2D eigenvalue weighted by molar-refractivity contribution is -0.155. The van der Waals surface area contributed by atoms with Gasteiger partial charge in [-0.1, -0.05) is 151 Å². The zero-order chi connectivity index (χ0) is 60.0. The van der Waals surface area contributed by atoms with Gasteiger partial charge in [0.2, 0.25) is 0 Å². The summed E-state index contributed by atoms with van der Waals surface area (Å²) in [4.78, 5) is 22.3. The molecule has 9 nitrogen and oxygen atoms in total. The van der Waals surface area contributed by atoms with Gasteiger partial charge < -0.3 is 34.0 Å². The lowest BCUT2D eigenvalue weighted by Gasteiger charge is -2.43. The Kier molecular flexibility index (Phi) is 24.8. The Balaban J connectivity index is 0.000000349. The van der Waals surface area contributed by atoms with Crippen LogP contribution in [-0.4, -0.2) is 73.2 Å². The molecule has 0 amide bonds. The molecule has 1 saturated heterocycles. The standard InChI is InChI=1S/C38H60O4Si.C32H48O5/c1-13-38(14-2,31-21-22-33(28(4)25-31)40-26-32-16-15-17-35(39)41-32)30-20-18-29(27(3)24-30)19-23-34(36(5,6)7)42-43(11,12)37(8,9)10;1-8-32(9-2,25-15-13-24(22(3)19-25)14-18-29(34)31(5,6)7)26-16-17-28(23(4)20-26)37-21-27(33)11-10-12-30(35)36/h18,20-22,24-25,32,34H,13-17,19,23,26H2,1-12H3;13,15-17,19-20,27,29,33-34H,8-12,14,18,21H2,1-7H3,(H,35,36)/t32-,34?;27-,29?/m11/s1. The van der Waals surface area contributed by atoms with Gasteiger partial charge in [-0.15, -0.1) is 0 Å². The second-order valence-electron chi connectivity index (χ2n) is 27.1. The van der Waals surface area contributed by atoms with Gasteiger partial charge in [-0.2, -0.15) is 0 Å². The smallest absolute Gasteiger partial charge is 0.306 e. The molecule has 0 radical (unpaired) electrons. The topological polar surface area (TPSA) is 132 Å². The van der Waals surface area contributed by atoms with Crippen molar-refractivity contribution >= 4 is 20.3 Å². The summed E-state index contributed by atoms with van der Waals surface area (Å²) in [5.74, 6) is 0.647. The highest BCUT2D eigenvalue weighted by Crippen LogP contribution is 2.44. The highest BCUT2D eigenvalue weighted by molar-refractivity contribution is 6.74. The van der Waals surface area contributed by atoms with E-state index in [1.165, 1.54) is 44.5 Å². The van der Waals surface area contributed by atoms with Gasteiger partial charge >= 0.3 is 11.9 Å². The SMILES string of the molecule is CCC(CC)(c1ccc(CCC(O)C(C)(C)C)c(C)c1)c1ccc(OC[C@H](O)CCCC(=O)O)c(C)c1.CCC(CC)(c1ccc(CCC(O[Si](C)(C)C(C)(C)C)C(C)(C)C)c(C)c1)c1ccc(OC[C@H]2CCCC(=O)O2)c(C)c1. The van der Waals surface area contributed by atoms with E-state index < -0.39 is 20.4 Å². The summed E-state index contributed by atoms with van der Waals surface area (Å²) in [7, 11) is -1.87. The number of carbonyl (C=O) groups excluding carboxylic acids is 1. The Morgan fingerprint density at radius 2 is 1.09 bits per heavy atom. The third-order valence-electron chi connectivity index (χ3n) is 18.2. The highest BCUT2D eigenvalue weighted by atomic mass is 28.4. The third kappa shape index (κ3) is 18.3. The van der Waals surface area contributed by atoms with E-state index in [0.717, 1.165) is 86.8 Å². The molecule has 4 atom stereocenters. The van der Waals surface area contributed by atoms with Crippen LogP contribution in [0.5, 0.6) is 11.5 Å². The maximum absolute atomic E-state index is 11.7. The summed E-state index contributed by atoms with van der Waals surface area (Å²) in [5, 5.41) is 29.6. The molecule has 1 fully saturated rings. The third-order valence-corrected chi connectivity index (χ3v) is 22.7. The molecule has 1 aliphatic rings. The fourth-order valence-electron chi connectivity index (χ4n) is 11.3. The van der Waals surface area contributed by atoms with Crippen molar-refractivity contribution in [3.05, 3.63) is 128 Å². The number of carboxylic acids is 1. The van der Waals surface area contributed by atoms with Crippen molar-refractivity contribution in [3.63, 3.8) is 0 Å². The van der Waals surface area contributed by atoms with Crippen LogP contribution in [0.25, 0.3) is 0 Å². The second-order valence-corrected chi connectivity index (χ2v) is 31.8. The van der Waals surface area contributed by atoms with Crippen molar-refractivity contribution < 1.29 is 43.5 Å². The normalized spacial score (nSPS) is 15.8. The summed E-state index contributed by atoms with van der Waals surface area (Å²) >= 11 is 0. The quantitative estimate of drug-likeness (QED) is 0.0415. The number of aryl methyl sites for hydroxylation is 6. The molecular formula is C70H108O9Si. The number of hydrogen-bond acceptors (Lipinski definition) is 8. The predicted molar refractivity (Wildman–Crippen MR) is 333 cm³/mol. The van der Waals surface area contributed by atoms with E-state index in [-0.39, 0.29) is 64.0 Å². The molecule has 446 valence electrons. The Bertz CT molecular complexity index is 2600. The Morgan fingerprint density at radius 1 is 0.637 bits per heavy atom. The molecule has 4 aromatic carbocycles. The van der Waals surface area contributed by atoms with Gasteiger partial charge in [0.15, 0.2) is 8.32 Å². The molecule has 4 aromatic rings. The van der Waals surface area contributed by atoms with Crippen molar-refractivity contribution in [1.29, 1.82) is 0 Å². The number of carboxylic acid groups (broad SMARTS) is 1. The molecule has 0 bridgehead atoms. The number of carbonyl (C=O) groups is 2. The molecule has 0 spiro atoms. The summed E-state index contributed by atoms with van der Waals surface area (Å²) in [6, 6.07) is 26.9. The minimum Gasteiger partial charge on any atom is -0.491 e. The van der Waals surface area contributed by atoms with Gasteiger partial charge in [-0.05, 0) is 201 Å². The largest absolute Gasteiger partial charge is 0.491 e. The number of hydrogen-bond donors (Lipinski definition) is 3. The average Bonchev–Trinajstić information content (AvgIpc) is 3.40. The molecule has 0 aromatic heterocycles. The molecule has 1 heterocycles.